The Kier molecular flexibility index (Phi) is 4.94. The first kappa shape index (κ1) is 15.3. The van der Waals surface area contributed by atoms with E-state index in [1.165, 1.54) is 64.8 Å². The summed E-state index contributed by atoms with van der Waals surface area (Å²) < 4.78 is 0. The molecule has 2 atom stereocenters. The maximum Gasteiger partial charge on any atom is 0.00475 e. The Hall–Kier alpha value is -0.0800. The van der Waals surface area contributed by atoms with Gasteiger partial charge >= 0.3 is 0 Å². The zero-order valence-corrected chi connectivity index (χ0v) is 13.6. The van der Waals surface area contributed by atoms with Crippen molar-refractivity contribution in [2.24, 2.45) is 16.7 Å². The summed E-state index contributed by atoms with van der Waals surface area (Å²) >= 11 is 0. The van der Waals surface area contributed by atoms with Crippen molar-refractivity contribution in [1.82, 2.24) is 10.2 Å². The molecule has 2 saturated heterocycles. The highest BCUT2D eigenvalue weighted by atomic mass is 15.1. The molecule has 0 aromatic rings. The standard InChI is InChI=1S/C17H34N2/c1-16(2,3)15-7-5-11-19(12-8-15)14-17(4)9-6-10-18-13-17/h15,18H,5-14H2,1-4H3. The van der Waals surface area contributed by atoms with Crippen LogP contribution in [0.1, 0.15) is 59.8 Å². The van der Waals surface area contributed by atoms with E-state index >= 15 is 0 Å². The third-order valence-electron chi connectivity index (χ3n) is 5.34. The molecule has 112 valence electrons. The van der Waals surface area contributed by atoms with E-state index in [9.17, 15) is 0 Å². The van der Waals surface area contributed by atoms with Gasteiger partial charge in [-0.15, -0.1) is 0 Å². The molecule has 2 fully saturated rings. The number of piperidine rings is 1. The maximum atomic E-state index is 3.59. The molecule has 0 aromatic carbocycles. The Labute approximate surface area is 120 Å². The largest absolute Gasteiger partial charge is 0.316 e. The van der Waals surface area contributed by atoms with Gasteiger partial charge in [0.25, 0.3) is 0 Å². The van der Waals surface area contributed by atoms with Crippen molar-refractivity contribution < 1.29 is 0 Å². The fourth-order valence-corrected chi connectivity index (χ4v) is 3.97. The Morgan fingerprint density at radius 1 is 1.16 bits per heavy atom. The van der Waals surface area contributed by atoms with Crippen LogP contribution in [-0.4, -0.2) is 37.6 Å². The molecular formula is C17H34N2. The second-order valence-electron chi connectivity index (χ2n) is 8.36. The van der Waals surface area contributed by atoms with Crippen LogP contribution in [0.15, 0.2) is 0 Å². The molecule has 2 heterocycles. The predicted molar refractivity (Wildman–Crippen MR) is 83.4 cm³/mol. The monoisotopic (exact) mass is 266 g/mol. The van der Waals surface area contributed by atoms with Gasteiger partial charge in [-0.05, 0) is 68.5 Å². The summed E-state index contributed by atoms with van der Waals surface area (Å²) in [5.41, 5.74) is 1.01. The van der Waals surface area contributed by atoms with Crippen molar-refractivity contribution in [3.8, 4) is 0 Å². The van der Waals surface area contributed by atoms with Crippen LogP contribution in [0.25, 0.3) is 0 Å². The van der Waals surface area contributed by atoms with Crippen molar-refractivity contribution in [3.05, 3.63) is 0 Å². The Morgan fingerprint density at radius 3 is 2.58 bits per heavy atom. The Balaban J connectivity index is 1.85. The van der Waals surface area contributed by atoms with Gasteiger partial charge in [0.15, 0.2) is 0 Å². The summed E-state index contributed by atoms with van der Waals surface area (Å²) in [6, 6.07) is 0. The van der Waals surface area contributed by atoms with Gasteiger partial charge < -0.3 is 10.2 Å². The van der Waals surface area contributed by atoms with E-state index in [0.29, 0.717) is 10.8 Å². The zero-order valence-electron chi connectivity index (χ0n) is 13.6. The fraction of sp³-hybridized carbons (Fsp3) is 1.00. The first-order valence-corrected chi connectivity index (χ1v) is 8.32. The van der Waals surface area contributed by atoms with Crippen LogP contribution in [0.3, 0.4) is 0 Å². The summed E-state index contributed by atoms with van der Waals surface area (Å²) in [5.74, 6) is 0.912. The van der Waals surface area contributed by atoms with Crippen LogP contribution < -0.4 is 5.32 Å². The van der Waals surface area contributed by atoms with E-state index in [0.717, 1.165) is 5.92 Å². The topological polar surface area (TPSA) is 15.3 Å². The van der Waals surface area contributed by atoms with E-state index in [4.69, 9.17) is 0 Å². The molecule has 2 heteroatoms. The average molecular weight is 266 g/mol. The molecule has 0 spiro atoms. The first-order chi connectivity index (χ1) is 8.89. The molecule has 0 saturated carbocycles. The lowest BCUT2D eigenvalue weighted by molar-refractivity contribution is 0.131. The highest BCUT2D eigenvalue weighted by molar-refractivity contribution is 4.86. The van der Waals surface area contributed by atoms with Crippen LogP contribution >= 0.6 is 0 Å². The van der Waals surface area contributed by atoms with Gasteiger partial charge in [0, 0.05) is 13.1 Å². The van der Waals surface area contributed by atoms with E-state index in [2.05, 4.69) is 37.9 Å². The minimum Gasteiger partial charge on any atom is -0.316 e. The number of hydrogen-bond donors (Lipinski definition) is 1. The number of nitrogens with zero attached hydrogens (tertiary/aromatic N) is 1. The summed E-state index contributed by atoms with van der Waals surface area (Å²) in [6.07, 6.45) is 6.97. The SMILES string of the molecule is CC1(CN2CCCC(C(C)(C)C)CC2)CCCNC1. The Bertz CT molecular complexity index is 273. The summed E-state index contributed by atoms with van der Waals surface area (Å²) in [6.45, 7) is 16.1. The van der Waals surface area contributed by atoms with Crippen molar-refractivity contribution in [3.63, 3.8) is 0 Å². The minimum absolute atomic E-state index is 0.492. The van der Waals surface area contributed by atoms with Crippen LogP contribution in [0.4, 0.5) is 0 Å². The fourth-order valence-electron chi connectivity index (χ4n) is 3.97. The predicted octanol–water partition coefficient (Wildman–Crippen LogP) is 3.52. The van der Waals surface area contributed by atoms with Crippen LogP contribution in [0.2, 0.25) is 0 Å². The molecule has 2 aliphatic rings. The zero-order chi connectivity index (χ0) is 13.9. The average Bonchev–Trinajstić information content (AvgIpc) is 2.54. The van der Waals surface area contributed by atoms with Crippen molar-refractivity contribution in [2.75, 3.05) is 32.7 Å². The maximum absolute atomic E-state index is 3.59. The van der Waals surface area contributed by atoms with Crippen molar-refractivity contribution in [2.45, 2.75) is 59.8 Å². The molecule has 2 aliphatic heterocycles. The molecule has 0 aromatic heterocycles. The smallest absolute Gasteiger partial charge is 0.00475 e. The van der Waals surface area contributed by atoms with Gasteiger partial charge in [0.05, 0.1) is 0 Å². The third-order valence-corrected chi connectivity index (χ3v) is 5.34. The van der Waals surface area contributed by atoms with Gasteiger partial charge in [-0.3, -0.25) is 0 Å². The van der Waals surface area contributed by atoms with E-state index in [1.54, 1.807) is 0 Å². The van der Waals surface area contributed by atoms with Crippen molar-refractivity contribution >= 4 is 0 Å². The minimum atomic E-state index is 0.492. The molecule has 2 rings (SSSR count). The summed E-state index contributed by atoms with van der Waals surface area (Å²) in [7, 11) is 0. The molecule has 2 nitrogen and oxygen atoms in total. The van der Waals surface area contributed by atoms with Crippen LogP contribution in [-0.2, 0) is 0 Å². The lowest BCUT2D eigenvalue weighted by Crippen LogP contribution is -2.46. The third kappa shape index (κ3) is 4.46. The van der Waals surface area contributed by atoms with E-state index < -0.39 is 0 Å². The second kappa shape index (κ2) is 6.13. The highest BCUT2D eigenvalue weighted by Crippen LogP contribution is 2.35. The molecule has 0 aliphatic carbocycles. The molecule has 0 bridgehead atoms. The van der Waals surface area contributed by atoms with Gasteiger partial charge in [0.2, 0.25) is 0 Å². The molecule has 1 N–H and O–H groups in total. The van der Waals surface area contributed by atoms with Crippen LogP contribution in [0.5, 0.6) is 0 Å². The summed E-state index contributed by atoms with van der Waals surface area (Å²) in [5, 5.41) is 3.59. The van der Waals surface area contributed by atoms with E-state index in [1.807, 2.05) is 0 Å². The lowest BCUT2D eigenvalue weighted by Gasteiger charge is -2.38. The quantitative estimate of drug-likeness (QED) is 0.822. The molecule has 2 unspecified atom stereocenters. The highest BCUT2D eigenvalue weighted by Gasteiger charge is 2.32. The number of rotatable bonds is 2. The van der Waals surface area contributed by atoms with Crippen LogP contribution in [0, 0.1) is 16.7 Å². The molecule has 0 radical (unpaired) electrons. The van der Waals surface area contributed by atoms with Gasteiger partial charge in [-0.25, -0.2) is 0 Å². The van der Waals surface area contributed by atoms with Gasteiger partial charge in [-0.1, -0.05) is 27.7 Å². The molecule has 19 heavy (non-hydrogen) atoms. The molecule has 0 amide bonds. The number of hydrogen-bond acceptors (Lipinski definition) is 2. The second-order valence-corrected chi connectivity index (χ2v) is 8.36. The van der Waals surface area contributed by atoms with Gasteiger partial charge in [0.1, 0.15) is 0 Å². The normalized spacial score (nSPS) is 35.1. The molecular weight excluding hydrogens is 232 g/mol. The van der Waals surface area contributed by atoms with Gasteiger partial charge in [-0.2, -0.15) is 0 Å². The number of nitrogens with one attached hydrogen (secondary N) is 1. The Morgan fingerprint density at radius 2 is 1.95 bits per heavy atom. The van der Waals surface area contributed by atoms with Crippen molar-refractivity contribution in [1.29, 1.82) is 0 Å². The summed E-state index contributed by atoms with van der Waals surface area (Å²) in [4.78, 5) is 2.75. The first-order valence-electron chi connectivity index (χ1n) is 8.32. The van der Waals surface area contributed by atoms with E-state index in [-0.39, 0.29) is 0 Å². The lowest BCUT2D eigenvalue weighted by atomic mass is 9.76. The number of likely N-dealkylation sites (tertiary alicyclic amines) is 1.